The van der Waals surface area contributed by atoms with Crippen LogP contribution in [0.2, 0.25) is 0 Å². The van der Waals surface area contributed by atoms with Crippen LogP contribution in [0.15, 0.2) is 260 Å². The maximum Gasteiger partial charge on any atom is 0.159 e. The molecule has 362 valence electrons. The van der Waals surface area contributed by atoms with Gasteiger partial charge < -0.3 is 26.8 Å². The Balaban J connectivity index is 0.881. The molecule has 6 heteroatoms. The molecule has 0 atom stereocenters. The highest BCUT2D eigenvalue weighted by atomic mass is 16.3. The minimum absolute atomic E-state index is 0.855. The molecule has 18 aromatic rings. The number of rotatable bonds is 5. The molecule has 78 heavy (non-hydrogen) atoms. The van der Waals surface area contributed by atoms with E-state index in [0.29, 0.717) is 0 Å². The predicted octanol–water partition coefficient (Wildman–Crippen LogP) is 20.5. The van der Waals surface area contributed by atoms with Crippen LogP contribution in [0.5, 0.6) is 0 Å². The first-order valence-electron chi connectivity index (χ1n) is 26.5. The summed E-state index contributed by atoms with van der Waals surface area (Å²) < 4.78 is 31.5. The first-order valence-corrected chi connectivity index (χ1v) is 26.5. The average Bonchev–Trinajstić information content (AvgIpc) is 4.37. The van der Waals surface area contributed by atoms with Gasteiger partial charge in [-0.25, -0.2) is 0 Å². The number of hydrogen-bond donors (Lipinski definition) is 0. The Morgan fingerprint density at radius 2 is 0.487 bits per heavy atom. The molecule has 0 unspecified atom stereocenters. The number of furan rings is 4. The molecule has 0 fully saturated rings. The summed E-state index contributed by atoms with van der Waals surface area (Å²) in [5.74, 6) is 0. The lowest BCUT2D eigenvalue weighted by atomic mass is 9.97. The van der Waals surface area contributed by atoms with E-state index >= 15 is 0 Å². The van der Waals surface area contributed by atoms with Crippen LogP contribution in [-0.2, 0) is 0 Å². The Morgan fingerprint density at radius 3 is 0.859 bits per heavy atom. The van der Waals surface area contributed by atoms with Crippen molar-refractivity contribution in [1.82, 2.24) is 9.13 Å². The molecule has 12 aromatic carbocycles. The van der Waals surface area contributed by atoms with Crippen molar-refractivity contribution in [3.8, 4) is 44.8 Å². The van der Waals surface area contributed by atoms with Crippen molar-refractivity contribution in [1.29, 1.82) is 0 Å². The van der Waals surface area contributed by atoms with Gasteiger partial charge in [0, 0.05) is 75.8 Å². The number of nitrogens with zero attached hydrogens (tertiary/aromatic N) is 2. The second kappa shape index (κ2) is 15.5. The number of benzene rings is 12. The van der Waals surface area contributed by atoms with Gasteiger partial charge in [-0.15, -0.1) is 0 Å². The van der Waals surface area contributed by atoms with Gasteiger partial charge in [0.05, 0.1) is 33.4 Å². The number of aromatic nitrogens is 2. The molecule has 0 radical (unpaired) electrons. The van der Waals surface area contributed by atoms with Crippen molar-refractivity contribution in [2.75, 3.05) is 0 Å². The summed E-state index contributed by atoms with van der Waals surface area (Å²) in [7, 11) is 0. The zero-order valence-corrected chi connectivity index (χ0v) is 41.6. The second-order valence-corrected chi connectivity index (χ2v) is 20.7. The van der Waals surface area contributed by atoms with Gasteiger partial charge in [-0.2, -0.15) is 0 Å². The van der Waals surface area contributed by atoms with Crippen molar-refractivity contribution >= 4 is 131 Å². The van der Waals surface area contributed by atoms with Gasteiger partial charge in [0.25, 0.3) is 0 Å². The summed E-state index contributed by atoms with van der Waals surface area (Å²) in [5.41, 5.74) is 19.8. The summed E-state index contributed by atoms with van der Waals surface area (Å²) in [5, 5.41) is 13.3. The van der Waals surface area contributed by atoms with Crippen LogP contribution in [-0.4, -0.2) is 9.13 Å². The number of para-hydroxylation sites is 8. The molecular formula is C72H40N2O4. The smallest absolute Gasteiger partial charge is 0.159 e. The van der Waals surface area contributed by atoms with Gasteiger partial charge in [0.1, 0.15) is 33.5 Å². The Morgan fingerprint density at radius 1 is 0.205 bits per heavy atom. The molecule has 0 bridgehead atoms. The van der Waals surface area contributed by atoms with E-state index in [9.17, 15) is 0 Å². The Labute approximate surface area is 443 Å². The van der Waals surface area contributed by atoms with Gasteiger partial charge in [0.15, 0.2) is 11.2 Å². The van der Waals surface area contributed by atoms with Crippen LogP contribution >= 0.6 is 0 Å². The maximum absolute atomic E-state index is 6.74. The van der Waals surface area contributed by atoms with Crippen LogP contribution in [0.4, 0.5) is 0 Å². The molecule has 18 rings (SSSR count). The largest absolute Gasteiger partial charge is 0.455 e. The zero-order valence-electron chi connectivity index (χ0n) is 41.6. The Bertz CT molecular complexity index is 5250. The third kappa shape index (κ3) is 5.75. The normalized spacial score (nSPS) is 12.4. The minimum Gasteiger partial charge on any atom is -0.455 e. The molecule has 0 spiro atoms. The SMILES string of the molecule is c1ccc2c(c1)oc1c(-c3ccc4c(c3)c3cc(-c5ccc6c(c5)c5cc(-c7cccc8c7oc7ccccc78)ccc5n6-c5cccc6c5oc5ccccc56)ccc3n4-c3cccc4c3oc3ccccc34)cccc12. The fraction of sp³-hybridized carbons (Fsp3) is 0. The summed E-state index contributed by atoms with van der Waals surface area (Å²) in [6, 6.07) is 86.7. The lowest BCUT2D eigenvalue weighted by Gasteiger charge is -2.10. The summed E-state index contributed by atoms with van der Waals surface area (Å²) in [6.07, 6.45) is 0. The summed E-state index contributed by atoms with van der Waals surface area (Å²) >= 11 is 0. The van der Waals surface area contributed by atoms with E-state index in [-0.39, 0.29) is 0 Å². The monoisotopic (exact) mass is 996 g/mol. The fourth-order valence-corrected chi connectivity index (χ4v) is 13.0. The average molecular weight is 997 g/mol. The molecule has 0 saturated carbocycles. The van der Waals surface area contributed by atoms with Crippen molar-refractivity contribution < 1.29 is 17.7 Å². The van der Waals surface area contributed by atoms with Gasteiger partial charge in [-0.1, -0.05) is 158 Å². The first-order chi connectivity index (χ1) is 38.7. The standard InChI is InChI=1S/C72H40N2O4/c1-5-25-65-47(13-1)51-19-9-17-45(69(51)75-65)43-31-35-61-57(39-43)55-37-41(29-33-59(55)73(61)63-23-11-21-53-49-15-3-7-27-67(49)77-71(53)63)42-30-34-60-56(38-42)58-40-44(46-18-10-20-52-48-14-2-6-26-66(48)76-70(46)52)32-36-62(58)74(60)64-24-12-22-54-50-16-4-8-28-68(50)78-72(54)64/h1-40H. The van der Waals surface area contributed by atoms with Gasteiger partial charge in [-0.3, -0.25) is 0 Å². The predicted molar refractivity (Wildman–Crippen MR) is 321 cm³/mol. The first kappa shape index (κ1) is 41.8. The van der Waals surface area contributed by atoms with Crippen LogP contribution in [0.3, 0.4) is 0 Å². The lowest BCUT2D eigenvalue weighted by molar-refractivity contribution is 0.666. The molecule has 6 nitrogen and oxygen atoms in total. The van der Waals surface area contributed by atoms with Crippen molar-refractivity contribution in [3.63, 3.8) is 0 Å². The van der Waals surface area contributed by atoms with Gasteiger partial charge in [-0.05, 0) is 107 Å². The molecule has 6 aromatic heterocycles. The van der Waals surface area contributed by atoms with Gasteiger partial charge in [0.2, 0.25) is 0 Å². The molecular weight excluding hydrogens is 957 g/mol. The summed E-state index contributed by atoms with van der Waals surface area (Å²) in [6.45, 7) is 0. The Hall–Kier alpha value is -10.6. The molecule has 6 heterocycles. The number of fused-ring (bicyclic) bond motifs is 18. The third-order valence-corrected chi connectivity index (χ3v) is 16.5. The maximum atomic E-state index is 6.74. The van der Waals surface area contributed by atoms with Crippen LogP contribution in [0.25, 0.3) is 176 Å². The summed E-state index contributed by atoms with van der Waals surface area (Å²) in [4.78, 5) is 0. The van der Waals surface area contributed by atoms with E-state index in [2.05, 4.69) is 215 Å². The third-order valence-electron chi connectivity index (χ3n) is 16.5. The molecule has 0 aliphatic carbocycles. The van der Waals surface area contributed by atoms with Gasteiger partial charge >= 0.3 is 0 Å². The van der Waals surface area contributed by atoms with Crippen LogP contribution in [0, 0.1) is 0 Å². The van der Waals surface area contributed by atoms with E-state index in [1.807, 2.05) is 36.4 Å². The van der Waals surface area contributed by atoms with E-state index in [1.165, 1.54) is 0 Å². The molecule has 0 saturated heterocycles. The molecule has 0 N–H and O–H groups in total. The molecule has 0 amide bonds. The quantitative estimate of drug-likeness (QED) is 0.172. The van der Waals surface area contributed by atoms with E-state index < -0.39 is 0 Å². The minimum atomic E-state index is 0.855. The fourth-order valence-electron chi connectivity index (χ4n) is 13.0. The van der Waals surface area contributed by atoms with E-state index in [4.69, 9.17) is 17.7 Å². The highest BCUT2D eigenvalue weighted by Crippen LogP contribution is 2.46. The van der Waals surface area contributed by atoms with Crippen LogP contribution < -0.4 is 0 Å². The topological polar surface area (TPSA) is 62.4 Å². The highest BCUT2D eigenvalue weighted by molar-refractivity contribution is 6.18. The van der Waals surface area contributed by atoms with Crippen molar-refractivity contribution in [2.45, 2.75) is 0 Å². The Kier molecular flexibility index (Phi) is 8.30. The second-order valence-electron chi connectivity index (χ2n) is 20.7. The van der Waals surface area contributed by atoms with Crippen molar-refractivity contribution in [2.24, 2.45) is 0 Å². The van der Waals surface area contributed by atoms with E-state index in [0.717, 1.165) is 176 Å². The molecule has 0 aliphatic rings. The highest BCUT2D eigenvalue weighted by Gasteiger charge is 2.23. The van der Waals surface area contributed by atoms with Crippen LogP contribution in [0.1, 0.15) is 0 Å². The zero-order chi connectivity index (χ0) is 50.7. The van der Waals surface area contributed by atoms with E-state index in [1.54, 1.807) is 0 Å². The van der Waals surface area contributed by atoms with Crippen molar-refractivity contribution in [3.05, 3.63) is 243 Å². The molecule has 0 aliphatic heterocycles. The lowest BCUT2D eigenvalue weighted by Crippen LogP contribution is -1.94. The number of hydrogen-bond acceptors (Lipinski definition) is 4.